The average Bonchev–Trinajstić information content (AvgIpc) is 3.73. The van der Waals surface area contributed by atoms with E-state index in [1.807, 2.05) is 0 Å². The Bertz CT molecular complexity index is 1310. The molecule has 1 heterocycles. The predicted molar refractivity (Wildman–Crippen MR) is 261 cm³/mol. The molecule has 0 radical (unpaired) electrons. The lowest BCUT2D eigenvalue weighted by molar-refractivity contribution is -0.697. The van der Waals surface area contributed by atoms with Crippen LogP contribution in [0.15, 0.2) is 79.4 Å². The molecule has 0 aliphatic rings. The summed E-state index contributed by atoms with van der Waals surface area (Å²) in [5.74, 6) is 0. The average molecular weight is 810 g/mol. The Morgan fingerprint density at radius 2 is 0.797 bits per heavy atom. The Morgan fingerprint density at radius 3 is 1.20 bits per heavy atom. The zero-order valence-electron chi connectivity index (χ0n) is 39.6. The maximum absolute atomic E-state index is 2.61. The van der Waals surface area contributed by atoms with Crippen molar-refractivity contribution >= 4 is 0 Å². The number of imidazole rings is 1. The number of aromatic nitrogens is 2. The second-order valence-electron chi connectivity index (χ2n) is 19.2. The van der Waals surface area contributed by atoms with E-state index in [2.05, 4.69) is 109 Å². The SMILES string of the molecule is CCCCCCCCCCCCCCCCCCCC(n1cc[n+](CCCCCCCCCCCCCCCCCCC)c1)C(C)(Cc1ccccc1)c1ccccc1. The van der Waals surface area contributed by atoms with Crippen LogP contribution in [0.2, 0.25) is 0 Å². The Morgan fingerprint density at radius 1 is 0.441 bits per heavy atom. The van der Waals surface area contributed by atoms with Crippen molar-refractivity contribution in [1.29, 1.82) is 0 Å². The highest BCUT2D eigenvalue weighted by molar-refractivity contribution is 5.31. The van der Waals surface area contributed by atoms with Crippen LogP contribution in [0.25, 0.3) is 0 Å². The van der Waals surface area contributed by atoms with Crippen molar-refractivity contribution < 1.29 is 4.57 Å². The van der Waals surface area contributed by atoms with E-state index in [0.29, 0.717) is 6.04 Å². The van der Waals surface area contributed by atoms with Crippen molar-refractivity contribution in [3.8, 4) is 0 Å². The molecule has 0 bridgehead atoms. The van der Waals surface area contributed by atoms with Crippen LogP contribution in [0.3, 0.4) is 0 Å². The van der Waals surface area contributed by atoms with Gasteiger partial charge in [0, 0.05) is 5.41 Å². The maximum Gasteiger partial charge on any atom is 0.244 e. The van der Waals surface area contributed by atoms with Gasteiger partial charge in [0.2, 0.25) is 6.33 Å². The predicted octanol–water partition coefficient (Wildman–Crippen LogP) is 18.2. The summed E-state index contributed by atoms with van der Waals surface area (Å²) in [5, 5.41) is 0. The van der Waals surface area contributed by atoms with Crippen LogP contribution in [-0.4, -0.2) is 4.57 Å². The molecule has 0 N–H and O–H groups in total. The lowest BCUT2D eigenvalue weighted by atomic mass is 9.70. The topological polar surface area (TPSA) is 8.81 Å². The lowest BCUT2D eigenvalue weighted by Gasteiger charge is -2.37. The maximum atomic E-state index is 2.61. The summed E-state index contributed by atoms with van der Waals surface area (Å²) < 4.78 is 5.09. The minimum absolute atomic E-state index is 0.00238. The van der Waals surface area contributed by atoms with Gasteiger partial charge < -0.3 is 0 Å². The van der Waals surface area contributed by atoms with Crippen molar-refractivity contribution in [3.63, 3.8) is 0 Å². The second kappa shape index (κ2) is 35.3. The zero-order valence-corrected chi connectivity index (χ0v) is 39.6. The molecular formula is C57H97N2+. The normalized spacial score (nSPS) is 13.2. The van der Waals surface area contributed by atoms with Crippen molar-refractivity contribution in [2.75, 3.05) is 0 Å². The fourth-order valence-electron chi connectivity index (χ4n) is 9.86. The lowest BCUT2D eigenvalue weighted by Crippen LogP contribution is -2.38. The van der Waals surface area contributed by atoms with Gasteiger partial charge in [0.25, 0.3) is 0 Å². The van der Waals surface area contributed by atoms with Gasteiger partial charge in [0.1, 0.15) is 18.4 Å². The Hall–Kier alpha value is -2.35. The van der Waals surface area contributed by atoms with Gasteiger partial charge in [-0.15, -0.1) is 0 Å². The highest BCUT2D eigenvalue weighted by Gasteiger charge is 2.40. The molecule has 0 saturated carbocycles. The molecule has 3 rings (SSSR count). The Labute approximate surface area is 368 Å². The van der Waals surface area contributed by atoms with Gasteiger partial charge in [-0.05, 0) is 43.2 Å². The molecule has 0 amide bonds. The fraction of sp³-hybridized carbons (Fsp3) is 0.737. The summed E-state index contributed by atoms with van der Waals surface area (Å²) in [5.41, 5.74) is 2.91. The summed E-state index contributed by atoms with van der Waals surface area (Å²) >= 11 is 0. The highest BCUT2D eigenvalue weighted by atomic mass is 15.1. The van der Waals surface area contributed by atoms with Gasteiger partial charge >= 0.3 is 0 Å². The molecule has 2 atom stereocenters. The van der Waals surface area contributed by atoms with E-state index in [0.717, 1.165) is 13.0 Å². The molecule has 334 valence electrons. The van der Waals surface area contributed by atoms with E-state index in [9.17, 15) is 0 Å². The van der Waals surface area contributed by atoms with Crippen LogP contribution >= 0.6 is 0 Å². The fourth-order valence-corrected chi connectivity index (χ4v) is 9.86. The van der Waals surface area contributed by atoms with Crippen LogP contribution in [0.1, 0.15) is 263 Å². The summed E-state index contributed by atoms with van der Waals surface area (Å²) in [7, 11) is 0. The summed E-state index contributed by atoms with van der Waals surface area (Å²) in [6.45, 7) is 8.31. The van der Waals surface area contributed by atoms with Gasteiger partial charge in [0.05, 0.1) is 6.54 Å². The quantitative estimate of drug-likeness (QED) is 0.0399. The van der Waals surface area contributed by atoms with Crippen LogP contribution in [0, 0.1) is 0 Å². The number of rotatable bonds is 41. The zero-order chi connectivity index (χ0) is 41.7. The van der Waals surface area contributed by atoms with E-state index in [1.54, 1.807) is 0 Å². The monoisotopic (exact) mass is 810 g/mol. The molecule has 59 heavy (non-hydrogen) atoms. The third-order valence-electron chi connectivity index (χ3n) is 13.8. The molecule has 2 unspecified atom stereocenters. The number of aryl methyl sites for hydroxylation is 1. The summed E-state index contributed by atoms with van der Waals surface area (Å²) in [6.07, 6.45) is 58.0. The van der Waals surface area contributed by atoms with Crippen molar-refractivity contribution in [3.05, 3.63) is 90.5 Å². The summed E-state index contributed by atoms with van der Waals surface area (Å²) in [4.78, 5) is 0. The Kier molecular flexibility index (Phi) is 30.5. The van der Waals surface area contributed by atoms with Crippen molar-refractivity contribution in [2.24, 2.45) is 0 Å². The number of hydrogen-bond acceptors (Lipinski definition) is 0. The molecule has 0 aliphatic heterocycles. The number of unbranched alkanes of at least 4 members (excludes halogenated alkanes) is 32. The molecule has 2 heteroatoms. The smallest absolute Gasteiger partial charge is 0.237 e. The molecule has 0 saturated heterocycles. The van der Waals surface area contributed by atoms with Crippen molar-refractivity contribution in [2.45, 2.75) is 270 Å². The first-order valence-electron chi connectivity index (χ1n) is 26.3. The summed E-state index contributed by atoms with van der Waals surface area (Å²) in [6, 6.07) is 23.1. The Balaban J connectivity index is 1.39. The van der Waals surface area contributed by atoms with Gasteiger partial charge in [-0.1, -0.05) is 280 Å². The standard InChI is InChI=1S/C57H97N2/c1-4-6-8-10-12-14-16-18-20-22-24-26-28-30-32-34-42-48-56(57(3,55-46-40-37-41-47-55)52-54-44-38-36-39-45-54)59-51-50-58(53-59)49-43-35-33-31-29-27-25-23-21-19-17-15-13-11-9-7-5-2/h36-41,44-47,50-51,53,56H,4-35,42-43,48-49,52H2,1-3H3/q+1. The van der Waals surface area contributed by atoms with Crippen LogP contribution in [0.5, 0.6) is 0 Å². The second-order valence-corrected chi connectivity index (χ2v) is 19.2. The first-order valence-corrected chi connectivity index (χ1v) is 26.3. The van der Waals surface area contributed by atoms with E-state index in [4.69, 9.17) is 0 Å². The third-order valence-corrected chi connectivity index (χ3v) is 13.8. The van der Waals surface area contributed by atoms with E-state index in [1.165, 1.54) is 236 Å². The molecule has 0 aliphatic carbocycles. The van der Waals surface area contributed by atoms with E-state index in [-0.39, 0.29) is 5.41 Å². The molecule has 2 aromatic carbocycles. The molecule has 2 nitrogen and oxygen atoms in total. The number of hydrogen-bond donors (Lipinski definition) is 0. The molecule has 1 aromatic heterocycles. The first kappa shape index (κ1) is 51.0. The van der Waals surface area contributed by atoms with Gasteiger partial charge in [-0.2, -0.15) is 0 Å². The van der Waals surface area contributed by atoms with Gasteiger partial charge in [0.15, 0.2) is 0 Å². The number of nitrogens with zero attached hydrogens (tertiary/aromatic N) is 2. The molecule has 0 fully saturated rings. The van der Waals surface area contributed by atoms with Crippen LogP contribution in [0.4, 0.5) is 0 Å². The minimum Gasteiger partial charge on any atom is -0.237 e. The largest absolute Gasteiger partial charge is 0.244 e. The molecule has 0 spiro atoms. The van der Waals surface area contributed by atoms with Gasteiger partial charge in [-0.3, -0.25) is 0 Å². The van der Waals surface area contributed by atoms with Crippen molar-refractivity contribution in [1.82, 2.24) is 4.57 Å². The molecule has 3 aromatic rings. The van der Waals surface area contributed by atoms with Gasteiger partial charge in [-0.25, -0.2) is 9.13 Å². The molecular weight excluding hydrogens is 713 g/mol. The van der Waals surface area contributed by atoms with Crippen LogP contribution in [-0.2, 0) is 18.4 Å². The van der Waals surface area contributed by atoms with Crippen LogP contribution < -0.4 is 4.57 Å². The highest BCUT2D eigenvalue weighted by Crippen LogP contribution is 2.42. The minimum atomic E-state index is 0.00238. The first-order chi connectivity index (χ1) is 29.2. The van der Waals surface area contributed by atoms with E-state index < -0.39 is 0 Å². The third kappa shape index (κ3) is 24.0. The van der Waals surface area contributed by atoms with E-state index >= 15 is 0 Å². The number of benzene rings is 2.